The van der Waals surface area contributed by atoms with Gasteiger partial charge >= 0.3 is 5.51 Å². The van der Waals surface area contributed by atoms with Crippen LogP contribution in [0.4, 0.5) is 13.2 Å². The van der Waals surface area contributed by atoms with Gasteiger partial charge in [0.15, 0.2) is 0 Å². The molecule has 0 amide bonds. The Balaban J connectivity index is 2.63. The van der Waals surface area contributed by atoms with Gasteiger partial charge in [0, 0.05) is 23.6 Å². The predicted molar refractivity (Wildman–Crippen MR) is 63.0 cm³/mol. The third-order valence-electron chi connectivity index (χ3n) is 2.45. The highest BCUT2D eigenvalue weighted by Gasteiger charge is 2.27. The minimum Gasteiger partial charge on any atom is -0.316 e. The molecule has 0 saturated heterocycles. The molecule has 0 spiro atoms. The number of aryl methyl sites for hydroxylation is 2. The van der Waals surface area contributed by atoms with E-state index in [2.05, 4.69) is 10.4 Å². The van der Waals surface area contributed by atoms with Crippen molar-refractivity contribution in [3.05, 3.63) is 17.0 Å². The highest BCUT2D eigenvalue weighted by Crippen LogP contribution is 2.30. The molecule has 0 unspecified atom stereocenters. The molecule has 1 rings (SSSR count). The Morgan fingerprint density at radius 2 is 2.00 bits per heavy atom. The zero-order valence-electron chi connectivity index (χ0n) is 10.1. The minimum atomic E-state index is -4.16. The molecule has 0 aromatic carbocycles. The number of nitrogens with zero attached hydrogens (tertiary/aromatic N) is 2. The predicted octanol–water partition coefficient (Wildman–Crippen LogP) is 2.47. The third kappa shape index (κ3) is 4.23. The maximum absolute atomic E-state index is 12.0. The summed E-state index contributed by atoms with van der Waals surface area (Å²) in [4.78, 5) is 0. The molecule has 0 fully saturated rings. The van der Waals surface area contributed by atoms with Gasteiger partial charge in [0.25, 0.3) is 0 Å². The van der Waals surface area contributed by atoms with Crippen LogP contribution in [0.2, 0.25) is 0 Å². The van der Waals surface area contributed by atoms with Crippen molar-refractivity contribution in [1.82, 2.24) is 15.1 Å². The lowest BCUT2D eigenvalue weighted by molar-refractivity contribution is -0.0328. The number of thioether (sulfide) groups is 1. The molecular weight excluding hydrogens is 251 g/mol. The molecule has 3 nitrogen and oxygen atoms in total. The number of aromatic nitrogens is 2. The van der Waals surface area contributed by atoms with E-state index in [1.165, 1.54) is 0 Å². The lowest BCUT2D eigenvalue weighted by Crippen LogP contribution is -2.10. The van der Waals surface area contributed by atoms with Crippen molar-refractivity contribution in [1.29, 1.82) is 0 Å². The van der Waals surface area contributed by atoms with Gasteiger partial charge in [-0.1, -0.05) is 0 Å². The molecule has 0 aliphatic carbocycles. The fourth-order valence-corrected chi connectivity index (χ4v) is 2.13. The fourth-order valence-electron chi connectivity index (χ4n) is 1.63. The van der Waals surface area contributed by atoms with E-state index in [-0.39, 0.29) is 24.1 Å². The number of hydrogen-bond donors (Lipinski definition) is 1. The van der Waals surface area contributed by atoms with E-state index in [4.69, 9.17) is 0 Å². The quantitative estimate of drug-likeness (QED) is 0.889. The van der Waals surface area contributed by atoms with Crippen molar-refractivity contribution < 1.29 is 13.2 Å². The van der Waals surface area contributed by atoms with Crippen molar-refractivity contribution in [2.75, 3.05) is 12.8 Å². The molecule has 0 aliphatic heterocycles. The zero-order valence-corrected chi connectivity index (χ0v) is 10.9. The fraction of sp³-hybridized carbons (Fsp3) is 0.700. The van der Waals surface area contributed by atoms with Gasteiger partial charge in [-0.2, -0.15) is 18.3 Å². The topological polar surface area (TPSA) is 29.9 Å². The summed E-state index contributed by atoms with van der Waals surface area (Å²) in [5.74, 6) is -0.00947. The molecule has 1 N–H and O–H groups in total. The van der Waals surface area contributed by atoms with Crippen LogP contribution in [0.1, 0.15) is 17.0 Å². The second kappa shape index (κ2) is 5.77. The molecule has 0 aliphatic rings. The normalized spacial score (nSPS) is 12.1. The van der Waals surface area contributed by atoms with E-state index in [9.17, 15) is 13.2 Å². The van der Waals surface area contributed by atoms with E-state index in [0.29, 0.717) is 6.54 Å². The number of halogens is 3. The maximum Gasteiger partial charge on any atom is 0.441 e. The lowest BCUT2D eigenvalue weighted by atomic mass is 10.2. The Bertz CT molecular complexity index is 374. The SMILES string of the molecule is CNCc1c(C)nn(CCSC(F)(F)F)c1C. The van der Waals surface area contributed by atoms with Crippen LogP contribution in [0.25, 0.3) is 0 Å². The first-order valence-electron chi connectivity index (χ1n) is 5.23. The lowest BCUT2D eigenvalue weighted by Gasteiger charge is -2.07. The van der Waals surface area contributed by atoms with Crippen LogP contribution in [0.15, 0.2) is 0 Å². The first kappa shape index (κ1) is 14.4. The first-order chi connectivity index (χ1) is 7.85. The summed E-state index contributed by atoms with van der Waals surface area (Å²) in [6.07, 6.45) is 0. The summed E-state index contributed by atoms with van der Waals surface area (Å²) in [6.45, 7) is 4.71. The molecule has 0 saturated carbocycles. The van der Waals surface area contributed by atoms with Gasteiger partial charge in [-0.15, -0.1) is 0 Å². The van der Waals surface area contributed by atoms with E-state index < -0.39 is 5.51 Å². The van der Waals surface area contributed by atoms with Crippen LogP contribution < -0.4 is 5.32 Å². The number of hydrogen-bond acceptors (Lipinski definition) is 3. The summed E-state index contributed by atoms with van der Waals surface area (Å²) in [7, 11) is 1.83. The van der Waals surface area contributed by atoms with Crippen molar-refractivity contribution in [3.8, 4) is 0 Å². The van der Waals surface area contributed by atoms with Gasteiger partial charge in [-0.3, -0.25) is 4.68 Å². The van der Waals surface area contributed by atoms with Crippen LogP contribution >= 0.6 is 11.8 Å². The molecule has 7 heteroatoms. The van der Waals surface area contributed by atoms with Crippen molar-refractivity contribution in [3.63, 3.8) is 0 Å². The van der Waals surface area contributed by atoms with Gasteiger partial charge in [0.2, 0.25) is 0 Å². The smallest absolute Gasteiger partial charge is 0.316 e. The Morgan fingerprint density at radius 1 is 1.35 bits per heavy atom. The molecule has 1 aromatic heterocycles. The van der Waals surface area contributed by atoms with Gasteiger partial charge in [-0.05, 0) is 32.7 Å². The second-order valence-corrected chi connectivity index (χ2v) is 4.86. The number of nitrogens with one attached hydrogen (secondary N) is 1. The second-order valence-electron chi connectivity index (χ2n) is 3.70. The number of alkyl halides is 3. The molecule has 17 heavy (non-hydrogen) atoms. The van der Waals surface area contributed by atoms with Crippen LogP contribution in [0, 0.1) is 13.8 Å². The van der Waals surface area contributed by atoms with E-state index in [0.717, 1.165) is 17.0 Å². The van der Waals surface area contributed by atoms with Gasteiger partial charge in [0.05, 0.1) is 12.2 Å². The van der Waals surface area contributed by atoms with E-state index >= 15 is 0 Å². The van der Waals surface area contributed by atoms with Gasteiger partial charge in [0.1, 0.15) is 0 Å². The molecule has 1 aromatic rings. The molecular formula is C10H16F3N3S. The van der Waals surface area contributed by atoms with Crippen molar-refractivity contribution >= 4 is 11.8 Å². The molecule has 0 radical (unpaired) electrons. The summed E-state index contributed by atoms with van der Waals surface area (Å²) < 4.78 is 37.6. The van der Waals surface area contributed by atoms with Crippen molar-refractivity contribution in [2.24, 2.45) is 0 Å². The summed E-state index contributed by atoms with van der Waals surface area (Å²) in [6, 6.07) is 0. The van der Waals surface area contributed by atoms with Crippen LogP contribution in [-0.2, 0) is 13.1 Å². The monoisotopic (exact) mass is 267 g/mol. The standard InChI is InChI=1S/C10H16F3N3S/c1-7-9(6-14-3)8(2)16(15-7)4-5-17-10(11,12)13/h14H,4-6H2,1-3H3. The molecule has 0 bridgehead atoms. The maximum atomic E-state index is 12.0. The zero-order chi connectivity index (χ0) is 13.1. The Hall–Kier alpha value is -0.690. The van der Waals surface area contributed by atoms with Gasteiger partial charge < -0.3 is 5.32 Å². The van der Waals surface area contributed by atoms with E-state index in [1.807, 2.05) is 20.9 Å². The molecule has 98 valence electrons. The Labute approximate surface area is 103 Å². The molecule has 1 heterocycles. The Morgan fingerprint density at radius 3 is 2.53 bits per heavy atom. The van der Waals surface area contributed by atoms with Crippen LogP contribution in [-0.4, -0.2) is 28.1 Å². The average molecular weight is 267 g/mol. The number of rotatable bonds is 5. The van der Waals surface area contributed by atoms with Gasteiger partial charge in [-0.25, -0.2) is 0 Å². The Kier molecular flexibility index (Phi) is 4.88. The van der Waals surface area contributed by atoms with Crippen molar-refractivity contribution in [2.45, 2.75) is 32.4 Å². The molecule has 0 atom stereocenters. The van der Waals surface area contributed by atoms with Crippen LogP contribution in [0.5, 0.6) is 0 Å². The highest BCUT2D eigenvalue weighted by molar-refractivity contribution is 8.00. The largest absolute Gasteiger partial charge is 0.441 e. The minimum absolute atomic E-state index is 0.00947. The first-order valence-corrected chi connectivity index (χ1v) is 6.22. The summed E-state index contributed by atoms with van der Waals surface area (Å²) >= 11 is -0.0109. The summed E-state index contributed by atoms with van der Waals surface area (Å²) in [5.41, 5.74) is -1.30. The third-order valence-corrected chi connectivity index (χ3v) is 3.17. The summed E-state index contributed by atoms with van der Waals surface area (Å²) in [5, 5.41) is 7.27. The van der Waals surface area contributed by atoms with E-state index in [1.54, 1.807) is 4.68 Å². The average Bonchev–Trinajstić information content (AvgIpc) is 2.45. The highest BCUT2D eigenvalue weighted by atomic mass is 32.2. The van der Waals surface area contributed by atoms with Crippen LogP contribution in [0.3, 0.4) is 0 Å².